The van der Waals surface area contributed by atoms with Crippen LogP contribution in [-0.4, -0.2) is 40.0 Å². The van der Waals surface area contributed by atoms with Crippen LogP contribution in [0.25, 0.3) is 11.0 Å². The molecule has 0 fully saturated rings. The number of aryl methyl sites for hydroxylation is 1. The molecule has 0 aliphatic heterocycles. The van der Waals surface area contributed by atoms with Gasteiger partial charge in [0.25, 0.3) is 0 Å². The van der Waals surface area contributed by atoms with E-state index in [2.05, 4.69) is 33.9 Å². The highest BCUT2D eigenvalue weighted by molar-refractivity contribution is 5.79. The van der Waals surface area contributed by atoms with E-state index >= 15 is 0 Å². The Balaban J connectivity index is 2.08. The molecule has 0 spiro atoms. The van der Waals surface area contributed by atoms with Gasteiger partial charge in [-0.25, -0.2) is 9.97 Å². The zero-order valence-electron chi connectivity index (χ0n) is 10.4. The largest absolute Gasteiger partial charge is 0.356 e. The first-order chi connectivity index (χ1) is 8.25. The second-order valence-electron chi connectivity index (χ2n) is 5.08. The minimum Gasteiger partial charge on any atom is -0.356 e. The van der Waals surface area contributed by atoms with E-state index < -0.39 is 0 Å². The SMILES string of the molecule is CN(C)C1CCCc2[nH]c3cncnc3c2C1. The smallest absolute Gasteiger partial charge is 0.116 e. The van der Waals surface area contributed by atoms with Crippen LogP contribution in [0.4, 0.5) is 0 Å². The van der Waals surface area contributed by atoms with Crippen molar-refractivity contribution >= 4 is 11.0 Å². The van der Waals surface area contributed by atoms with Crippen molar-refractivity contribution in [1.29, 1.82) is 0 Å². The van der Waals surface area contributed by atoms with Crippen molar-refractivity contribution in [2.75, 3.05) is 14.1 Å². The first kappa shape index (κ1) is 10.7. The molecule has 1 aliphatic carbocycles. The third kappa shape index (κ3) is 1.82. The third-order valence-corrected chi connectivity index (χ3v) is 3.78. The molecule has 0 saturated carbocycles. The zero-order valence-corrected chi connectivity index (χ0v) is 10.4. The van der Waals surface area contributed by atoms with E-state index in [4.69, 9.17) is 0 Å². The number of hydrogen-bond donors (Lipinski definition) is 1. The molecule has 2 aromatic heterocycles. The summed E-state index contributed by atoms with van der Waals surface area (Å²) in [5.41, 5.74) is 4.96. The second-order valence-corrected chi connectivity index (χ2v) is 5.08. The molecule has 0 saturated heterocycles. The number of nitrogens with zero attached hydrogens (tertiary/aromatic N) is 3. The number of nitrogens with one attached hydrogen (secondary N) is 1. The van der Waals surface area contributed by atoms with Gasteiger partial charge in [0, 0.05) is 17.3 Å². The summed E-state index contributed by atoms with van der Waals surface area (Å²) in [5.74, 6) is 0. The van der Waals surface area contributed by atoms with Crippen molar-refractivity contribution in [3.8, 4) is 0 Å². The summed E-state index contributed by atoms with van der Waals surface area (Å²) in [6, 6.07) is 0.630. The normalized spacial score (nSPS) is 20.5. The minimum absolute atomic E-state index is 0.630. The van der Waals surface area contributed by atoms with Crippen LogP contribution in [0.1, 0.15) is 24.1 Å². The fourth-order valence-electron chi connectivity index (χ4n) is 2.77. The third-order valence-electron chi connectivity index (χ3n) is 3.78. The maximum atomic E-state index is 4.43. The van der Waals surface area contributed by atoms with Gasteiger partial charge in [-0.2, -0.15) is 0 Å². The van der Waals surface area contributed by atoms with Crippen LogP contribution in [0, 0.1) is 0 Å². The maximum Gasteiger partial charge on any atom is 0.116 e. The Bertz CT molecular complexity index is 529. The van der Waals surface area contributed by atoms with Gasteiger partial charge < -0.3 is 9.88 Å². The van der Waals surface area contributed by atoms with Crippen LogP contribution in [-0.2, 0) is 12.8 Å². The van der Waals surface area contributed by atoms with Crippen molar-refractivity contribution in [3.63, 3.8) is 0 Å². The molecule has 4 heteroatoms. The summed E-state index contributed by atoms with van der Waals surface area (Å²) in [4.78, 5) is 14.3. The standard InChI is InChI=1S/C13H18N4/c1-17(2)9-4-3-5-11-10(6-9)13-12(16-11)7-14-8-15-13/h7-9,16H,3-6H2,1-2H3. The molecule has 0 aromatic carbocycles. The first-order valence-electron chi connectivity index (χ1n) is 6.21. The molecule has 1 atom stereocenters. The van der Waals surface area contributed by atoms with Crippen LogP contribution >= 0.6 is 0 Å². The van der Waals surface area contributed by atoms with Crippen LogP contribution < -0.4 is 0 Å². The Morgan fingerprint density at radius 3 is 3.12 bits per heavy atom. The summed E-state index contributed by atoms with van der Waals surface area (Å²) >= 11 is 0. The Morgan fingerprint density at radius 1 is 1.41 bits per heavy atom. The average molecular weight is 230 g/mol. The quantitative estimate of drug-likeness (QED) is 0.759. The lowest BCUT2D eigenvalue weighted by molar-refractivity contribution is 0.277. The van der Waals surface area contributed by atoms with E-state index in [1.54, 1.807) is 6.33 Å². The number of rotatable bonds is 1. The highest BCUT2D eigenvalue weighted by atomic mass is 15.1. The van der Waals surface area contributed by atoms with Crippen molar-refractivity contribution in [3.05, 3.63) is 23.8 Å². The van der Waals surface area contributed by atoms with Gasteiger partial charge in [-0.15, -0.1) is 0 Å². The number of fused-ring (bicyclic) bond motifs is 3. The lowest BCUT2D eigenvalue weighted by atomic mass is 10.1. The molecule has 1 unspecified atom stereocenters. The highest BCUT2D eigenvalue weighted by Gasteiger charge is 2.22. The Hall–Kier alpha value is -1.42. The maximum absolute atomic E-state index is 4.43. The first-order valence-corrected chi connectivity index (χ1v) is 6.21. The van der Waals surface area contributed by atoms with Crippen LogP contribution in [0.2, 0.25) is 0 Å². The monoisotopic (exact) mass is 230 g/mol. The van der Waals surface area contributed by atoms with E-state index in [-0.39, 0.29) is 0 Å². The number of hydrogen-bond acceptors (Lipinski definition) is 3. The molecule has 4 nitrogen and oxygen atoms in total. The molecule has 1 aliphatic rings. The fourth-order valence-corrected chi connectivity index (χ4v) is 2.77. The van der Waals surface area contributed by atoms with E-state index in [0.29, 0.717) is 6.04 Å². The van der Waals surface area contributed by atoms with Crippen molar-refractivity contribution in [2.45, 2.75) is 31.7 Å². The molecule has 3 rings (SSSR count). The van der Waals surface area contributed by atoms with E-state index in [0.717, 1.165) is 23.9 Å². The van der Waals surface area contributed by atoms with E-state index in [1.807, 2.05) is 6.20 Å². The average Bonchev–Trinajstić information content (AvgIpc) is 2.53. The van der Waals surface area contributed by atoms with E-state index in [9.17, 15) is 0 Å². The highest BCUT2D eigenvalue weighted by Crippen LogP contribution is 2.27. The molecule has 1 N–H and O–H groups in total. The van der Waals surface area contributed by atoms with Crippen molar-refractivity contribution in [1.82, 2.24) is 19.9 Å². The van der Waals surface area contributed by atoms with Crippen molar-refractivity contribution in [2.24, 2.45) is 0 Å². The van der Waals surface area contributed by atoms with Gasteiger partial charge in [0.15, 0.2) is 0 Å². The van der Waals surface area contributed by atoms with Crippen LogP contribution in [0.15, 0.2) is 12.5 Å². The fraction of sp³-hybridized carbons (Fsp3) is 0.538. The number of H-pyrrole nitrogens is 1. The number of likely N-dealkylation sites (N-methyl/N-ethyl adjacent to an activating group) is 1. The van der Waals surface area contributed by atoms with Crippen molar-refractivity contribution < 1.29 is 0 Å². The van der Waals surface area contributed by atoms with Gasteiger partial charge in [-0.3, -0.25) is 0 Å². The van der Waals surface area contributed by atoms with Gasteiger partial charge >= 0.3 is 0 Å². The van der Waals surface area contributed by atoms with Gasteiger partial charge in [0.2, 0.25) is 0 Å². The minimum atomic E-state index is 0.630. The van der Waals surface area contributed by atoms with Crippen LogP contribution in [0.3, 0.4) is 0 Å². The lowest BCUT2D eigenvalue weighted by Gasteiger charge is -2.22. The summed E-state index contributed by atoms with van der Waals surface area (Å²) in [6.45, 7) is 0. The molecule has 0 bridgehead atoms. The molecule has 0 amide bonds. The van der Waals surface area contributed by atoms with Gasteiger partial charge in [-0.1, -0.05) is 0 Å². The summed E-state index contributed by atoms with van der Waals surface area (Å²) < 4.78 is 0. The number of aromatic nitrogens is 3. The molecule has 0 radical (unpaired) electrons. The van der Waals surface area contributed by atoms with Gasteiger partial charge in [0.1, 0.15) is 6.33 Å². The zero-order chi connectivity index (χ0) is 11.8. The molecular weight excluding hydrogens is 212 g/mol. The second kappa shape index (κ2) is 4.11. The van der Waals surface area contributed by atoms with E-state index in [1.165, 1.54) is 24.1 Å². The number of aromatic amines is 1. The topological polar surface area (TPSA) is 44.8 Å². The summed E-state index contributed by atoms with van der Waals surface area (Å²) in [7, 11) is 4.33. The predicted octanol–water partition coefficient (Wildman–Crippen LogP) is 1.77. The molecule has 2 aromatic rings. The Morgan fingerprint density at radius 2 is 2.29 bits per heavy atom. The lowest BCUT2D eigenvalue weighted by Crippen LogP contribution is -2.29. The van der Waals surface area contributed by atoms with Gasteiger partial charge in [-0.05, 0) is 39.8 Å². The molecule has 2 heterocycles. The van der Waals surface area contributed by atoms with Crippen LogP contribution in [0.5, 0.6) is 0 Å². The summed E-state index contributed by atoms with van der Waals surface area (Å²) in [6.07, 6.45) is 8.27. The predicted molar refractivity (Wildman–Crippen MR) is 68.0 cm³/mol. The Labute approximate surface area is 101 Å². The molecular formula is C13H18N4. The Kier molecular flexibility index (Phi) is 2.59. The molecule has 90 valence electrons. The van der Waals surface area contributed by atoms with Gasteiger partial charge in [0.05, 0.1) is 17.2 Å². The summed E-state index contributed by atoms with van der Waals surface area (Å²) in [5, 5.41) is 0. The molecule has 17 heavy (non-hydrogen) atoms.